The molecule has 232 valence electrons. The van der Waals surface area contributed by atoms with Gasteiger partial charge in [0.1, 0.15) is 10.6 Å². The number of carbonyl (C=O) groups excluding carboxylic acids is 2. The zero-order valence-corrected chi connectivity index (χ0v) is 25.8. The fourth-order valence-corrected chi connectivity index (χ4v) is 6.04. The fraction of sp³-hybridized carbons (Fsp3) is 0.323. The number of benzene rings is 3. The van der Waals surface area contributed by atoms with Crippen LogP contribution in [0.5, 0.6) is 5.75 Å². The molecule has 3 amide bonds. The molecular weight excluding hydrogens is 582 g/mol. The van der Waals surface area contributed by atoms with Gasteiger partial charge in [-0.2, -0.15) is 0 Å². The summed E-state index contributed by atoms with van der Waals surface area (Å²) in [6, 6.07) is 18.6. The van der Waals surface area contributed by atoms with E-state index in [0.29, 0.717) is 22.9 Å². The van der Waals surface area contributed by atoms with Crippen LogP contribution in [-0.2, 0) is 16.4 Å². The lowest BCUT2D eigenvalue weighted by molar-refractivity contribution is 0.0976. The number of urea groups is 1. The number of nitrogens with one attached hydrogen (secondary N) is 4. The minimum Gasteiger partial charge on any atom is -0.495 e. The fourth-order valence-electron chi connectivity index (χ4n) is 5.18. The minimum atomic E-state index is -3.61. The maximum atomic E-state index is 13.7. The Morgan fingerprint density at radius 3 is 2.27 bits per heavy atom. The molecule has 12 nitrogen and oxygen atoms in total. The van der Waals surface area contributed by atoms with Crippen molar-refractivity contribution in [2.24, 2.45) is 10.2 Å². The number of hydrogen-bond donors (Lipinski definition) is 4. The molecule has 13 heteroatoms. The normalized spacial score (nSPS) is 13.9. The van der Waals surface area contributed by atoms with Gasteiger partial charge in [-0.3, -0.25) is 15.0 Å². The standard InChI is InChI=1S/C31H37N7O5S/c1-33-37-30(36-32)35-29(39)24-11-9-21(10-12-24)20-38(26-16-13-23(14-17-26)22-7-5-4-6-8-22)31(40)34-25-15-18-27(43-2)28(19-25)44(3,41)42/h9-19,22,32-33H,4-8,20H2,1-3H3,(H,34,40)(H,35,37,39). The molecule has 44 heavy (non-hydrogen) atoms. The van der Waals surface area contributed by atoms with Crippen molar-refractivity contribution in [2.45, 2.75) is 49.5 Å². The number of nitrogens with zero attached hydrogens (tertiary/aromatic N) is 3. The molecule has 0 heterocycles. The highest BCUT2D eigenvalue weighted by Crippen LogP contribution is 2.34. The van der Waals surface area contributed by atoms with Crippen LogP contribution >= 0.6 is 0 Å². The van der Waals surface area contributed by atoms with E-state index >= 15 is 0 Å². The van der Waals surface area contributed by atoms with Crippen LogP contribution in [0.1, 0.15) is 59.5 Å². The van der Waals surface area contributed by atoms with Gasteiger partial charge in [-0.05, 0) is 72.4 Å². The summed E-state index contributed by atoms with van der Waals surface area (Å²) in [5, 5.41) is 12.1. The first-order chi connectivity index (χ1) is 21.1. The van der Waals surface area contributed by atoms with Crippen LogP contribution in [0.15, 0.2) is 81.8 Å². The second-order valence-corrected chi connectivity index (χ2v) is 12.5. The van der Waals surface area contributed by atoms with E-state index in [1.165, 1.54) is 51.1 Å². The van der Waals surface area contributed by atoms with E-state index in [4.69, 9.17) is 10.3 Å². The molecule has 1 aliphatic rings. The zero-order valence-electron chi connectivity index (χ0n) is 25.0. The van der Waals surface area contributed by atoms with Crippen LogP contribution in [0, 0.1) is 5.53 Å². The van der Waals surface area contributed by atoms with Gasteiger partial charge >= 0.3 is 6.03 Å². The van der Waals surface area contributed by atoms with E-state index < -0.39 is 21.8 Å². The third-order valence-corrected chi connectivity index (χ3v) is 8.56. The predicted molar refractivity (Wildman–Crippen MR) is 169 cm³/mol. The summed E-state index contributed by atoms with van der Waals surface area (Å²) in [5.74, 6) is 0.0221. The molecule has 4 rings (SSSR count). The van der Waals surface area contributed by atoms with Gasteiger partial charge in [0, 0.05) is 30.2 Å². The lowest BCUT2D eigenvalue weighted by Gasteiger charge is -2.26. The number of anilines is 2. The lowest BCUT2D eigenvalue weighted by Crippen LogP contribution is -2.34. The van der Waals surface area contributed by atoms with Gasteiger partial charge in [0.2, 0.25) is 0 Å². The van der Waals surface area contributed by atoms with Crippen molar-refractivity contribution >= 4 is 39.1 Å². The summed E-state index contributed by atoms with van der Waals surface area (Å²) in [4.78, 5) is 27.8. The third kappa shape index (κ3) is 8.19. The number of methoxy groups -OCH3 is 1. The molecule has 0 atom stereocenters. The van der Waals surface area contributed by atoms with Gasteiger partial charge in [0.25, 0.3) is 11.9 Å². The number of hydrogen-bond acceptors (Lipinski definition) is 8. The average Bonchev–Trinajstić information content (AvgIpc) is 3.03. The molecule has 0 bridgehead atoms. The van der Waals surface area contributed by atoms with Crippen molar-refractivity contribution in [1.82, 2.24) is 10.7 Å². The highest BCUT2D eigenvalue weighted by molar-refractivity contribution is 7.90. The predicted octanol–water partition coefficient (Wildman–Crippen LogP) is 5.64. The monoisotopic (exact) mass is 619 g/mol. The molecule has 0 spiro atoms. The van der Waals surface area contributed by atoms with Crippen LogP contribution in [0.2, 0.25) is 0 Å². The van der Waals surface area contributed by atoms with E-state index in [-0.39, 0.29) is 23.1 Å². The third-order valence-electron chi connectivity index (χ3n) is 7.45. The van der Waals surface area contributed by atoms with Crippen LogP contribution in [0.4, 0.5) is 16.2 Å². The zero-order chi connectivity index (χ0) is 31.7. The first kappa shape index (κ1) is 32.1. The number of rotatable bonds is 9. The molecule has 0 radical (unpaired) electrons. The smallest absolute Gasteiger partial charge is 0.326 e. The first-order valence-electron chi connectivity index (χ1n) is 14.2. The van der Waals surface area contributed by atoms with E-state index in [1.54, 1.807) is 35.2 Å². The van der Waals surface area contributed by atoms with Crippen LogP contribution in [0.25, 0.3) is 0 Å². The molecule has 1 aliphatic carbocycles. The highest BCUT2D eigenvalue weighted by Gasteiger charge is 2.21. The van der Waals surface area contributed by atoms with Gasteiger partial charge in [-0.25, -0.2) is 18.7 Å². The van der Waals surface area contributed by atoms with Crippen molar-refractivity contribution in [2.75, 3.05) is 30.6 Å². The molecule has 1 saturated carbocycles. The van der Waals surface area contributed by atoms with E-state index in [2.05, 4.69) is 38.4 Å². The molecule has 0 unspecified atom stereocenters. The lowest BCUT2D eigenvalue weighted by atomic mass is 9.84. The molecular formula is C31H37N7O5S. The quantitative estimate of drug-likeness (QED) is 0.105. The summed E-state index contributed by atoms with van der Waals surface area (Å²) < 4.78 is 29.9. The minimum absolute atomic E-state index is 0.0313. The van der Waals surface area contributed by atoms with Crippen molar-refractivity contribution in [3.8, 4) is 5.75 Å². The Hall–Kier alpha value is -4.78. The molecule has 0 saturated heterocycles. The van der Waals surface area contributed by atoms with Crippen LogP contribution < -0.4 is 25.7 Å². The SMILES string of the molecule is CN/N=C(\N=N)NC(=O)c1ccc(CN(C(=O)Nc2ccc(OC)c(S(C)(=O)=O)c2)c2ccc(C3CCCCC3)cc2)cc1. The Bertz CT molecular complexity index is 1620. The molecule has 4 N–H and O–H groups in total. The number of carbonyl (C=O) groups is 2. The molecule has 0 aromatic heterocycles. The van der Waals surface area contributed by atoms with Gasteiger partial charge in [0.15, 0.2) is 9.84 Å². The van der Waals surface area contributed by atoms with E-state index in [9.17, 15) is 18.0 Å². The number of hydrazone groups is 1. The maximum Gasteiger partial charge on any atom is 0.326 e. The summed E-state index contributed by atoms with van der Waals surface area (Å²) >= 11 is 0. The van der Waals surface area contributed by atoms with Crippen molar-refractivity contribution < 1.29 is 22.7 Å². The molecule has 1 fully saturated rings. The van der Waals surface area contributed by atoms with Gasteiger partial charge in [-0.1, -0.05) is 43.5 Å². The maximum absolute atomic E-state index is 13.7. The average molecular weight is 620 g/mol. The van der Waals surface area contributed by atoms with Crippen molar-refractivity contribution in [1.29, 1.82) is 5.53 Å². The van der Waals surface area contributed by atoms with Gasteiger partial charge < -0.3 is 15.5 Å². The summed E-state index contributed by atoms with van der Waals surface area (Å²) in [6.45, 7) is 0.167. The second-order valence-electron chi connectivity index (χ2n) is 10.5. The number of amides is 3. The molecule has 3 aromatic carbocycles. The van der Waals surface area contributed by atoms with E-state index in [0.717, 1.165) is 24.7 Å². The summed E-state index contributed by atoms with van der Waals surface area (Å²) in [6.07, 6.45) is 7.08. The Balaban J connectivity index is 1.60. The molecule has 0 aliphatic heterocycles. The first-order valence-corrected chi connectivity index (χ1v) is 16.1. The Morgan fingerprint density at radius 2 is 1.68 bits per heavy atom. The van der Waals surface area contributed by atoms with Crippen LogP contribution in [0.3, 0.4) is 0 Å². The Labute approximate surface area is 257 Å². The van der Waals surface area contributed by atoms with Crippen molar-refractivity contribution in [3.05, 3.63) is 83.4 Å². The van der Waals surface area contributed by atoms with E-state index in [1.807, 2.05) is 12.1 Å². The number of sulfone groups is 1. The highest BCUT2D eigenvalue weighted by atomic mass is 32.2. The van der Waals surface area contributed by atoms with Gasteiger partial charge in [0.05, 0.1) is 13.7 Å². The van der Waals surface area contributed by atoms with Crippen LogP contribution in [-0.4, -0.2) is 46.7 Å². The second kappa shape index (κ2) is 14.6. The van der Waals surface area contributed by atoms with Crippen molar-refractivity contribution in [3.63, 3.8) is 0 Å². The summed E-state index contributed by atoms with van der Waals surface area (Å²) in [7, 11) is -0.705. The topological polar surface area (TPSA) is 165 Å². The number of ether oxygens (including phenoxy) is 1. The Kier molecular flexibility index (Phi) is 10.7. The largest absolute Gasteiger partial charge is 0.495 e. The summed E-state index contributed by atoms with van der Waals surface area (Å²) in [5.41, 5.74) is 12.9. The Morgan fingerprint density at radius 1 is 1.00 bits per heavy atom. The van der Waals surface area contributed by atoms with Gasteiger partial charge in [-0.15, -0.1) is 10.2 Å². The molecule has 3 aromatic rings. The number of guanidine groups is 1.